The lowest BCUT2D eigenvalue weighted by atomic mass is 10.2. The molecule has 0 heterocycles. The summed E-state index contributed by atoms with van der Waals surface area (Å²) in [5.74, 6) is 0.347. The molecule has 0 saturated carbocycles. The van der Waals surface area contributed by atoms with Gasteiger partial charge in [-0.25, -0.2) is 9.18 Å². The predicted octanol–water partition coefficient (Wildman–Crippen LogP) is 2.76. The van der Waals surface area contributed by atoms with E-state index < -0.39 is 6.30 Å². The van der Waals surface area contributed by atoms with Crippen molar-refractivity contribution in [3.8, 4) is 5.75 Å². The van der Waals surface area contributed by atoms with Crippen LogP contribution in [-0.4, -0.2) is 13.2 Å². The number of rotatable bonds is 3. The first-order chi connectivity index (χ1) is 6.69. The second-order valence-corrected chi connectivity index (χ2v) is 3.36. The molecular formula is C9H7BrFNO2. The maximum atomic E-state index is 13.2. The number of benzene rings is 1. The van der Waals surface area contributed by atoms with E-state index in [-0.39, 0.29) is 5.56 Å². The monoisotopic (exact) mass is 259 g/mol. The van der Waals surface area contributed by atoms with E-state index in [1.807, 2.05) is 0 Å². The maximum Gasteiger partial charge on any atom is 0.238 e. The molecule has 0 aliphatic rings. The molecule has 0 aliphatic carbocycles. The minimum absolute atomic E-state index is 0.199. The molecule has 1 rings (SSSR count). The van der Waals surface area contributed by atoms with Gasteiger partial charge < -0.3 is 4.74 Å². The molecule has 0 saturated heterocycles. The molecule has 0 aliphatic heterocycles. The van der Waals surface area contributed by atoms with Crippen LogP contribution in [0.25, 0.3) is 0 Å². The van der Waals surface area contributed by atoms with Gasteiger partial charge in [-0.3, -0.25) is 0 Å². The summed E-state index contributed by atoms with van der Waals surface area (Å²) in [7, 11) is 1.42. The largest absolute Gasteiger partial charge is 0.496 e. The maximum absolute atomic E-state index is 13.2. The summed E-state index contributed by atoms with van der Waals surface area (Å²) in [6.07, 6.45) is -0.570. The minimum atomic E-state index is -1.74. The molecule has 74 valence electrons. The van der Waals surface area contributed by atoms with Crippen LogP contribution in [0, 0.1) is 0 Å². The zero-order valence-electron chi connectivity index (χ0n) is 7.33. The fourth-order valence-corrected chi connectivity index (χ4v) is 1.39. The van der Waals surface area contributed by atoms with Crippen molar-refractivity contribution in [3.63, 3.8) is 0 Å². The number of nitrogens with zero attached hydrogens (tertiary/aromatic N) is 1. The summed E-state index contributed by atoms with van der Waals surface area (Å²) < 4.78 is 18.8. The summed E-state index contributed by atoms with van der Waals surface area (Å²) in [5, 5.41) is 0. The van der Waals surface area contributed by atoms with Crippen LogP contribution in [-0.2, 0) is 4.79 Å². The topological polar surface area (TPSA) is 38.7 Å². The van der Waals surface area contributed by atoms with Crippen molar-refractivity contribution in [2.45, 2.75) is 6.30 Å². The van der Waals surface area contributed by atoms with Gasteiger partial charge in [0.05, 0.1) is 12.7 Å². The minimum Gasteiger partial charge on any atom is -0.496 e. The van der Waals surface area contributed by atoms with Crippen LogP contribution >= 0.6 is 15.9 Å². The summed E-state index contributed by atoms with van der Waals surface area (Å²) in [5.41, 5.74) is 0.199. The van der Waals surface area contributed by atoms with Crippen molar-refractivity contribution in [1.82, 2.24) is 0 Å². The fraction of sp³-hybridized carbons (Fsp3) is 0.222. The second-order valence-electron chi connectivity index (χ2n) is 2.44. The lowest BCUT2D eigenvalue weighted by Gasteiger charge is -2.08. The van der Waals surface area contributed by atoms with Crippen LogP contribution in [0.3, 0.4) is 0 Å². The number of aliphatic imine (C=N–C) groups is 1. The van der Waals surface area contributed by atoms with E-state index in [0.29, 0.717) is 10.2 Å². The normalized spacial score (nSPS) is 11.6. The van der Waals surface area contributed by atoms with Crippen molar-refractivity contribution in [3.05, 3.63) is 28.2 Å². The van der Waals surface area contributed by atoms with E-state index in [1.54, 1.807) is 12.1 Å². The van der Waals surface area contributed by atoms with Crippen molar-refractivity contribution in [1.29, 1.82) is 0 Å². The van der Waals surface area contributed by atoms with Gasteiger partial charge in [-0.1, -0.05) is 15.9 Å². The summed E-state index contributed by atoms with van der Waals surface area (Å²) >= 11 is 3.18. The van der Waals surface area contributed by atoms with Crippen molar-refractivity contribution in [2.75, 3.05) is 7.11 Å². The molecular weight excluding hydrogens is 253 g/mol. The molecule has 5 heteroatoms. The van der Waals surface area contributed by atoms with Gasteiger partial charge in [-0.05, 0) is 18.2 Å². The van der Waals surface area contributed by atoms with Gasteiger partial charge in [-0.2, -0.15) is 4.99 Å². The van der Waals surface area contributed by atoms with Crippen LogP contribution in [0.15, 0.2) is 27.7 Å². The molecule has 0 N–H and O–H groups in total. The third-order valence-electron chi connectivity index (χ3n) is 1.61. The smallest absolute Gasteiger partial charge is 0.238 e. The lowest BCUT2D eigenvalue weighted by molar-refractivity contribution is 0.334. The van der Waals surface area contributed by atoms with Gasteiger partial charge in [0, 0.05) is 4.47 Å². The number of halogens is 2. The van der Waals surface area contributed by atoms with Crippen molar-refractivity contribution < 1.29 is 13.9 Å². The molecule has 1 aromatic rings. The highest BCUT2D eigenvalue weighted by atomic mass is 79.9. The molecule has 0 amide bonds. The number of alkyl halides is 1. The van der Waals surface area contributed by atoms with E-state index in [9.17, 15) is 9.18 Å². The highest BCUT2D eigenvalue weighted by Crippen LogP contribution is 2.30. The average Bonchev–Trinajstić information content (AvgIpc) is 2.18. The lowest BCUT2D eigenvalue weighted by Crippen LogP contribution is -1.94. The molecule has 0 spiro atoms. The third kappa shape index (κ3) is 2.40. The Balaban J connectivity index is 3.15. The first-order valence-electron chi connectivity index (χ1n) is 3.73. The first-order valence-corrected chi connectivity index (χ1v) is 4.53. The fourth-order valence-electron chi connectivity index (χ4n) is 1.01. The van der Waals surface area contributed by atoms with Crippen LogP contribution < -0.4 is 4.74 Å². The van der Waals surface area contributed by atoms with E-state index in [2.05, 4.69) is 20.9 Å². The molecule has 1 atom stereocenters. The standard InChI is InChI=1S/C9H7BrFNO2/c1-14-8-3-2-6(10)4-7(8)9(11)12-5-13/h2-4,9H,1H3. The molecule has 1 aromatic carbocycles. The molecule has 0 bridgehead atoms. The molecule has 0 aromatic heterocycles. The Morgan fingerprint density at radius 2 is 2.36 bits per heavy atom. The number of hydrogen-bond acceptors (Lipinski definition) is 3. The predicted molar refractivity (Wildman–Crippen MR) is 52.7 cm³/mol. The Labute approximate surface area is 88.7 Å². The van der Waals surface area contributed by atoms with Crippen molar-refractivity contribution >= 4 is 22.0 Å². The number of carbonyl (C=O) groups excluding carboxylic acids is 1. The number of methoxy groups -OCH3 is 1. The quantitative estimate of drug-likeness (QED) is 0.476. The van der Waals surface area contributed by atoms with Gasteiger partial charge in [0.2, 0.25) is 12.4 Å². The summed E-state index contributed by atoms with van der Waals surface area (Å²) in [6.45, 7) is 0. The molecule has 14 heavy (non-hydrogen) atoms. The van der Waals surface area contributed by atoms with E-state index in [4.69, 9.17) is 4.74 Å². The highest BCUT2D eigenvalue weighted by molar-refractivity contribution is 9.10. The zero-order chi connectivity index (χ0) is 10.6. The SMILES string of the molecule is COc1ccc(Br)cc1C(F)N=C=O. The molecule has 1 unspecified atom stereocenters. The Morgan fingerprint density at radius 3 is 2.93 bits per heavy atom. The van der Waals surface area contributed by atoms with Gasteiger partial charge in [-0.15, -0.1) is 0 Å². The number of hydrogen-bond donors (Lipinski definition) is 0. The Kier molecular flexibility index (Phi) is 3.80. The molecule has 3 nitrogen and oxygen atoms in total. The van der Waals surface area contributed by atoms with Crippen LogP contribution in [0.2, 0.25) is 0 Å². The molecule has 0 radical (unpaired) electrons. The summed E-state index contributed by atoms with van der Waals surface area (Å²) in [6, 6.07) is 4.80. The Hall–Kier alpha value is -1.19. The zero-order valence-corrected chi connectivity index (χ0v) is 8.92. The van der Waals surface area contributed by atoms with Gasteiger partial charge in [0.25, 0.3) is 0 Å². The van der Waals surface area contributed by atoms with Crippen LogP contribution in [0.4, 0.5) is 4.39 Å². The average molecular weight is 260 g/mol. The van der Waals surface area contributed by atoms with Gasteiger partial charge in [0.15, 0.2) is 0 Å². The van der Waals surface area contributed by atoms with Gasteiger partial charge in [0.1, 0.15) is 5.75 Å². The Bertz CT molecular complexity index is 377. The van der Waals surface area contributed by atoms with Gasteiger partial charge >= 0.3 is 0 Å². The Morgan fingerprint density at radius 1 is 1.64 bits per heavy atom. The summed E-state index contributed by atoms with van der Waals surface area (Å²) in [4.78, 5) is 12.9. The van der Waals surface area contributed by atoms with E-state index >= 15 is 0 Å². The third-order valence-corrected chi connectivity index (χ3v) is 2.11. The first kappa shape index (κ1) is 10.9. The highest BCUT2D eigenvalue weighted by Gasteiger charge is 2.14. The number of ether oxygens (including phenoxy) is 1. The number of isocyanates is 1. The van der Waals surface area contributed by atoms with Crippen molar-refractivity contribution in [2.24, 2.45) is 4.99 Å². The van der Waals surface area contributed by atoms with Crippen LogP contribution in [0.1, 0.15) is 11.9 Å². The van der Waals surface area contributed by atoms with Crippen LogP contribution in [0.5, 0.6) is 5.75 Å². The van der Waals surface area contributed by atoms with E-state index in [0.717, 1.165) is 0 Å². The molecule has 0 fully saturated rings. The second kappa shape index (κ2) is 4.88. The van der Waals surface area contributed by atoms with E-state index in [1.165, 1.54) is 19.3 Å².